The number of hydrogen-bond acceptors (Lipinski definition) is 5. The highest BCUT2D eigenvalue weighted by atomic mass is 16.5. The first-order chi connectivity index (χ1) is 13.0. The Morgan fingerprint density at radius 2 is 1.89 bits per heavy atom. The number of carbonyl (C=O) groups is 2. The zero-order valence-corrected chi connectivity index (χ0v) is 15.5. The molecular weight excluding hydrogens is 348 g/mol. The quantitative estimate of drug-likeness (QED) is 0.799. The fraction of sp³-hybridized carbons (Fsp3) is 0.450. The van der Waals surface area contributed by atoms with E-state index in [1.165, 1.54) is 0 Å². The zero-order chi connectivity index (χ0) is 19.4. The van der Waals surface area contributed by atoms with Crippen molar-refractivity contribution in [3.8, 4) is 17.0 Å². The predicted molar refractivity (Wildman–Crippen MR) is 98.6 cm³/mol. The number of rotatable bonds is 6. The van der Waals surface area contributed by atoms with Crippen molar-refractivity contribution in [2.24, 2.45) is 5.92 Å². The van der Waals surface area contributed by atoms with E-state index in [4.69, 9.17) is 9.26 Å². The third kappa shape index (κ3) is 4.13. The summed E-state index contributed by atoms with van der Waals surface area (Å²) in [6.45, 7) is 1.76. The summed E-state index contributed by atoms with van der Waals surface area (Å²) in [5.74, 6) is -0.839. The second-order valence-electron chi connectivity index (χ2n) is 6.87. The Bertz CT molecular complexity index is 806. The molecule has 7 nitrogen and oxygen atoms in total. The molecule has 1 fully saturated rings. The molecule has 0 unspecified atom stereocenters. The van der Waals surface area contributed by atoms with E-state index >= 15 is 0 Å². The molecule has 1 saturated carbocycles. The van der Waals surface area contributed by atoms with Gasteiger partial charge in [0.05, 0.1) is 18.7 Å². The fourth-order valence-electron chi connectivity index (χ4n) is 3.58. The molecule has 0 spiro atoms. The maximum absolute atomic E-state index is 12.6. The van der Waals surface area contributed by atoms with Crippen LogP contribution in [0.4, 0.5) is 0 Å². The predicted octanol–water partition coefficient (Wildman–Crippen LogP) is 3.81. The molecule has 3 rings (SSSR count). The molecule has 1 heterocycles. The molecule has 1 aromatic carbocycles. The summed E-state index contributed by atoms with van der Waals surface area (Å²) in [5.41, 5.74) is 1.48. The van der Waals surface area contributed by atoms with Crippen molar-refractivity contribution in [3.05, 3.63) is 35.6 Å². The molecule has 144 valence electrons. The van der Waals surface area contributed by atoms with Gasteiger partial charge in [-0.15, -0.1) is 0 Å². The van der Waals surface area contributed by atoms with Crippen molar-refractivity contribution < 1.29 is 24.0 Å². The second kappa shape index (κ2) is 8.24. The van der Waals surface area contributed by atoms with Crippen LogP contribution in [0.2, 0.25) is 0 Å². The molecule has 1 amide bonds. The summed E-state index contributed by atoms with van der Waals surface area (Å²) >= 11 is 0. The maximum Gasteiger partial charge on any atom is 0.375 e. The van der Waals surface area contributed by atoms with Crippen molar-refractivity contribution in [1.82, 2.24) is 10.5 Å². The number of nitrogens with zero attached hydrogens (tertiary/aromatic N) is 1. The number of carbonyl (C=O) groups excluding carboxylic acids is 1. The summed E-state index contributed by atoms with van der Waals surface area (Å²) in [4.78, 5) is 24.2. The Kier molecular flexibility index (Phi) is 5.78. The summed E-state index contributed by atoms with van der Waals surface area (Å²) in [6, 6.07) is 6.55. The number of hydrogen-bond donors (Lipinski definition) is 2. The summed E-state index contributed by atoms with van der Waals surface area (Å²) < 4.78 is 10.2. The van der Waals surface area contributed by atoms with Gasteiger partial charge in [0.25, 0.3) is 0 Å². The highest BCUT2D eigenvalue weighted by Crippen LogP contribution is 2.32. The van der Waals surface area contributed by atoms with Gasteiger partial charge in [0.1, 0.15) is 11.4 Å². The van der Waals surface area contributed by atoms with Gasteiger partial charge in [-0.25, -0.2) is 4.79 Å². The van der Waals surface area contributed by atoms with E-state index in [0.29, 0.717) is 22.6 Å². The molecule has 27 heavy (non-hydrogen) atoms. The summed E-state index contributed by atoms with van der Waals surface area (Å²) in [5, 5.41) is 16.4. The molecule has 2 aromatic rings. The van der Waals surface area contributed by atoms with E-state index < -0.39 is 12.0 Å². The standard InChI is InChI=1S/C20H24N2O5/c1-12(21-19(23)14-6-4-3-5-7-14)16-17(22-27-18(16)20(24)25)13-8-10-15(26-2)11-9-13/h8-12,14H,3-7H2,1-2H3,(H,21,23)(H,24,25)/t12-/m1/s1. The van der Waals surface area contributed by atoms with Gasteiger partial charge in [-0.1, -0.05) is 24.4 Å². The minimum absolute atomic E-state index is 0.0150. The van der Waals surface area contributed by atoms with Crippen LogP contribution >= 0.6 is 0 Å². The molecule has 1 aliphatic rings. The van der Waals surface area contributed by atoms with Crippen LogP contribution in [-0.4, -0.2) is 29.2 Å². The van der Waals surface area contributed by atoms with Gasteiger partial charge in [-0.05, 0) is 44.0 Å². The number of methoxy groups -OCH3 is 1. The lowest BCUT2D eigenvalue weighted by molar-refractivity contribution is -0.126. The minimum Gasteiger partial charge on any atom is -0.497 e. The number of aromatic nitrogens is 1. The molecule has 2 N–H and O–H groups in total. The number of ether oxygens (including phenoxy) is 1. The van der Waals surface area contributed by atoms with Crippen molar-refractivity contribution in [1.29, 1.82) is 0 Å². The lowest BCUT2D eigenvalue weighted by atomic mass is 9.88. The van der Waals surface area contributed by atoms with Crippen LogP contribution in [-0.2, 0) is 4.79 Å². The molecule has 0 radical (unpaired) electrons. The molecule has 1 atom stereocenters. The van der Waals surface area contributed by atoms with Crippen LogP contribution in [0.15, 0.2) is 28.8 Å². The third-order valence-corrected chi connectivity index (χ3v) is 5.05. The third-order valence-electron chi connectivity index (χ3n) is 5.05. The van der Waals surface area contributed by atoms with Crippen molar-refractivity contribution >= 4 is 11.9 Å². The average Bonchev–Trinajstić information content (AvgIpc) is 3.14. The smallest absolute Gasteiger partial charge is 0.375 e. The molecular formula is C20H24N2O5. The van der Waals surface area contributed by atoms with Gasteiger partial charge in [0, 0.05) is 11.5 Å². The summed E-state index contributed by atoms with van der Waals surface area (Å²) in [7, 11) is 1.57. The van der Waals surface area contributed by atoms with E-state index in [1.807, 2.05) is 0 Å². The highest BCUT2D eigenvalue weighted by molar-refractivity contribution is 5.89. The first kappa shape index (κ1) is 18.9. The largest absolute Gasteiger partial charge is 0.497 e. The topological polar surface area (TPSA) is 102 Å². The van der Waals surface area contributed by atoms with E-state index in [2.05, 4.69) is 10.5 Å². The van der Waals surface area contributed by atoms with E-state index in [0.717, 1.165) is 32.1 Å². The summed E-state index contributed by atoms with van der Waals surface area (Å²) in [6.07, 6.45) is 5.02. The Balaban J connectivity index is 1.88. The lowest BCUT2D eigenvalue weighted by Crippen LogP contribution is -2.34. The van der Waals surface area contributed by atoms with Gasteiger partial charge in [0.2, 0.25) is 11.7 Å². The lowest BCUT2D eigenvalue weighted by Gasteiger charge is -2.23. The number of carboxylic acids is 1. The van der Waals surface area contributed by atoms with Gasteiger partial charge in [-0.3, -0.25) is 4.79 Å². The number of amides is 1. The number of aromatic carboxylic acids is 1. The van der Waals surface area contributed by atoms with Gasteiger partial charge < -0.3 is 19.7 Å². The second-order valence-corrected chi connectivity index (χ2v) is 6.87. The first-order valence-electron chi connectivity index (χ1n) is 9.19. The van der Waals surface area contributed by atoms with E-state index in [1.54, 1.807) is 38.3 Å². The minimum atomic E-state index is -1.21. The van der Waals surface area contributed by atoms with Gasteiger partial charge in [0.15, 0.2) is 0 Å². The molecule has 0 saturated heterocycles. The Morgan fingerprint density at radius 1 is 1.22 bits per heavy atom. The van der Waals surface area contributed by atoms with Crippen LogP contribution in [0.25, 0.3) is 11.3 Å². The van der Waals surface area contributed by atoms with E-state index in [9.17, 15) is 14.7 Å². The Hall–Kier alpha value is -2.83. The van der Waals surface area contributed by atoms with Crippen LogP contribution in [0.1, 0.15) is 61.2 Å². The van der Waals surface area contributed by atoms with Crippen LogP contribution in [0.5, 0.6) is 5.75 Å². The number of benzene rings is 1. The normalized spacial score (nSPS) is 15.9. The maximum atomic E-state index is 12.6. The SMILES string of the molecule is COc1ccc(-c2noc(C(=O)O)c2[C@@H](C)NC(=O)C2CCCCC2)cc1. The van der Waals surface area contributed by atoms with Gasteiger partial charge in [-0.2, -0.15) is 0 Å². The van der Waals surface area contributed by atoms with E-state index in [-0.39, 0.29) is 17.6 Å². The molecule has 1 aliphatic carbocycles. The fourth-order valence-corrected chi connectivity index (χ4v) is 3.58. The number of carboxylic acid groups (broad SMARTS) is 1. The molecule has 0 bridgehead atoms. The molecule has 7 heteroatoms. The zero-order valence-electron chi connectivity index (χ0n) is 15.5. The van der Waals surface area contributed by atoms with Gasteiger partial charge >= 0.3 is 5.97 Å². The van der Waals surface area contributed by atoms with Crippen LogP contribution in [0.3, 0.4) is 0 Å². The monoisotopic (exact) mass is 372 g/mol. The van der Waals surface area contributed by atoms with Crippen molar-refractivity contribution in [2.75, 3.05) is 7.11 Å². The molecule has 1 aromatic heterocycles. The van der Waals surface area contributed by atoms with Crippen molar-refractivity contribution in [2.45, 2.75) is 45.1 Å². The van der Waals surface area contributed by atoms with Crippen LogP contribution in [0, 0.1) is 5.92 Å². The average molecular weight is 372 g/mol. The highest BCUT2D eigenvalue weighted by Gasteiger charge is 2.30. The Labute approximate surface area is 157 Å². The molecule has 0 aliphatic heterocycles. The van der Waals surface area contributed by atoms with Crippen LogP contribution < -0.4 is 10.1 Å². The van der Waals surface area contributed by atoms with Crippen molar-refractivity contribution in [3.63, 3.8) is 0 Å². The Morgan fingerprint density at radius 3 is 2.48 bits per heavy atom. The number of nitrogens with one attached hydrogen (secondary N) is 1. The first-order valence-corrected chi connectivity index (χ1v) is 9.19.